The lowest BCUT2D eigenvalue weighted by Crippen LogP contribution is -2.67. The molecule has 2 N–H and O–H groups in total. The molecule has 1 aliphatic carbocycles. The second kappa shape index (κ2) is 5.43. The van der Waals surface area contributed by atoms with E-state index in [0.717, 1.165) is 19.4 Å². The first-order chi connectivity index (χ1) is 9.89. The first-order valence-corrected chi connectivity index (χ1v) is 8.40. The van der Waals surface area contributed by atoms with Gasteiger partial charge in [0, 0.05) is 24.2 Å². The molecule has 1 saturated heterocycles. The van der Waals surface area contributed by atoms with Gasteiger partial charge in [-0.25, -0.2) is 4.39 Å². The van der Waals surface area contributed by atoms with Gasteiger partial charge in [-0.2, -0.15) is 0 Å². The van der Waals surface area contributed by atoms with Crippen LogP contribution in [0.3, 0.4) is 0 Å². The molecule has 2 atom stereocenters. The van der Waals surface area contributed by atoms with Crippen LogP contribution in [0.1, 0.15) is 39.5 Å². The lowest BCUT2D eigenvalue weighted by atomic mass is 9.83. The minimum absolute atomic E-state index is 0.0463. The number of piperazine rings is 1. The van der Waals surface area contributed by atoms with Crippen LogP contribution in [0.15, 0.2) is 16.6 Å². The number of phenols is 1. The van der Waals surface area contributed by atoms with Crippen molar-refractivity contribution in [1.82, 2.24) is 5.32 Å². The van der Waals surface area contributed by atoms with Crippen molar-refractivity contribution < 1.29 is 9.50 Å². The summed E-state index contributed by atoms with van der Waals surface area (Å²) < 4.78 is 14.7. The Balaban J connectivity index is 2.00. The highest BCUT2D eigenvalue weighted by atomic mass is 79.9. The number of rotatable bonds is 1. The van der Waals surface area contributed by atoms with Gasteiger partial charge >= 0.3 is 0 Å². The van der Waals surface area contributed by atoms with Crippen LogP contribution in [0.25, 0.3) is 0 Å². The number of phenolic OH excluding ortho intramolecular Hbond substituents is 1. The van der Waals surface area contributed by atoms with Crippen LogP contribution in [0.4, 0.5) is 10.1 Å². The Labute approximate surface area is 133 Å². The molecule has 2 aliphatic rings. The first kappa shape index (κ1) is 15.1. The molecule has 3 nitrogen and oxygen atoms in total. The van der Waals surface area contributed by atoms with E-state index in [1.807, 2.05) is 0 Å². The Morgan fingerprint density at radius 1 is 1.33 bits per heavy atom. The van der Waals surface area contributed by atoms with Gasteiger partial charge in [0.2, 0.25) is 0 Å². The van der Waals surface area contributed by atoms with Gasteiger partial charge in [0.25, 0.3) is 0 Å². The van der Waals surface area contributed by atoms with E-state index in [-0.39, 0.29) is 21.6 Å². The second-order valence-corrected chi connectivity index (χ2v) is 7.64. The van der Waals surface area contributed by atoms with Crippen LogP contribution < -0.4 is 10.2 Å². The van der Waals surface area contributed by atoms with Gasteiger partial charge in [-0.3, -0.25) is 0 Å². The van der Waals surface area contributed by atoms with Gasteiger partial charge in [-0.15, -0.1) is 0 Å². The fourth-order valence-electron chi connectivity index (χ4n) is 3.76. The van der Waals surface area contributed by atoms with Crippen LogP contribution in [-0.4, -0.2) is 29.3 Å². The van der Waals surface area contributed by atoms with E-state index in [4.69, 9.17) is 0 Å². The van der Waals surface area contributed by atoms with E-state index in [9.17, 15) is 9.50 Å². The van der Waals surface area contributed by atoms with E-state index in [1.165, 1.54) is 12.8 Å². The van der Waals surface area contributed by atoms with Crippen LogP contribution >= 0.6 is 15.9 Å². The third kappa shape index (κ3) is 2.78. The van der Waals surface area contributed by atoms with Crippen molar-refractivity contribution in [3.05, 3.63) is 22.4 Å². The van der Waals surface area contributed by atoms with Gasteiger partial charge < -0.3 is 15.3 Å². The molecular formula is C16H22BrFN2O. The van der Waals surface area contributed by atoms with Crippen molar-refractivity contribution in [3.63, 3.8) is 0 Å². The molecular weight excluding hydrogens is 335 g/mol. The van der Waals surface area contributed by atoms with Crippen molar-refractivity contribution in [1.29, 1.82) is 0 Å². The van der Waals surface area contributed by atoms with E-state index < -0.39 is 0 Å². The Kier molecular flexibility index (Phi) is 3.91. The number of nitrogens with one attached hydrogen (secondary N) is 1. The summed E-state index contributed by atoms with van der Waals surface area (Å²) in [5, 5.41) is 13.4. The zero-order valence-corrected chi connectivity index (χ0v) is 14.1. The molecule has 1 aromatic rings. The molecule has 0 amide bonds. The number of aromatic hydroxyl groups is 1. The van der Waals surface area contributed by atoms with Gasteiger partial charge in [-0.05, 0) is 54.8 Å². The molecule has 3 rings (SSSR count). The van der Waals surface area contributed by atoms with Crippen LogP contribution in [0, 0.1) is 5.82 Å². The van der Waals surface area contributed by atoms with Crippen molar-refractivity contribution in [3.8, 4) is 5.75 Å². The summed E-state index contributed by atoms with van der Waals surface area (Å²) in [6.07, 6.45) is 4.66. The maximum absolute atomic E-state index is 14.6. The van der Waals surface area contributed by atoms with Gasteiger partial charge in [0.05, 0.1) is 10.2 Å². The third-order valence-corrected chi connectivity index (χ3v) is 5.38. The molecule has 1 saturated carbocycles. The summed E-state index contributed by atoms with van der Waals surface area (Å²) in [5.74, 6) is -0.414. The average Bonchev–Trinajstić information content (AvgIpc) is 2.43. The van der Waals surface area contributed by atoms with Crippen LogP contribution in [0.5, 0.6) is 5.75 Å². The van der Waals surface area contributed by atoms with Crippen LogP contribution in [0.2, 0.25) is 0 Å². The first-order valence-electron chi connectivity index (χ1n) is 7.60. The van der Waals surface area contributed by atoms with Gasteiger partial charge in [-0.1, -0.05) is 12.8 Å². The minimum Gasteiger partial charge on any atom is -0.507 e. The van der Waals surface area contributed by atoms with Gasteiger partial charge in [0.1, 0.15) is 5.75 Å². The van der Waals surface area contributed by atoms with Crippen molar-refractivity contribution in [2.75, 3.05) is 11.4 Å². The van der Waals surface area contributed by atoms with E-state index in [0.29, 0.717) is 17.8 Å². The minimum atomic E-state index is -0.364. The normalized spacial score (nSPS) is 28.3. The number of halogens is 2. The van der Waals surface area contributed by atoms with Gasteiger partial charge in [0.15, 0.2) is 5.82 Å². The molecule has 1 aliphatic heterocycles. The third-order valence-electron chi connectivity index (χ3n) is 4.62. The summed E-state index contributed by atoms with van der Waals surface area (Å²) in [5.41, 5.74) is 0.543. The Hall–Kier alpha value is -0.810. The number of nitrogens with zero attached hydrogens (tertiary/aromatic N) is 1. The highest BCUT2D eigenvalue weighted by Gasteiger charge is 2.41. The number of hydrogen-bond donors (Lipinski definition) is 2. The molecule has 116 valence electrons. The number of anilines is 1. The zero-order chi connectivity index (χ0) is 15.2. The molecule has 0 bridgehead atoms. The zero-order valence-electron chi connectivity index (χ0n) is 12.5. The monoisotopic (exact) mass is 356 g/mol. The number of benzene rings is 1. The fourth-order valence-corrected chi connectivity index (χ4v) is 4.09. The second-order valence-electron chi connectivity index (χ2n) is 6.85. The Bertz CT molecular complexity index is 549. The molecule has 0 unspecified atom stereocenters. The molecule has 0 aromatic heterocycles. The largest absolute Gasteiger partial charge is 0.507 e. The number of fused-ring (bicyclic) bond motifs is 1. The van der Waals surface area contributed by atoms with E-state index in [1.54, 1.807) is 12.1 Å². The fraction of sp³-hybridized carbons (Fsp3) is 0.625. The summed E-state index contributed by atoms with van der Waals surface area (Å²) in [6.45, 7) is 5.10. The van der Waals surface area contributed by atoms with Crippen molar-refractivity contribution in [2.45, 2.75) is 57.2 Å². The van der Waals surface area contributed by atoms with E-state index in [2.05, 4.69) is 40.0 Å². The molecule has 21 heavy (non-hydrogen) atoms. The van der Waals surface area contributed by atoms with Crippen molar-refractivity contribution in [2.24, 2.45) is 0 Å². The molecule has 0 spiro atoms. The Morgan fingerprint density at radius 3 is 2.81 bits per heavy atom. The van der Waals surface area contributed by atoms with E-state index >= 15 is 0 Å². The highest BCUT2D eigenvalue weighted by Crippen LogP contribution is 2.38. The molecule has 2 fully saturated rings. The molecule has 1 aromatic carbocycles. The highest BCUT2D eigenvalue weighted by molar-refractivity contribution is 9.10. The topological polar surface area (TPSA) is 35.5 Å². The standard InChI is InChI=1S/C16H22BrFN2O/c1-16(2)9-20(11-6-4-3-5-10(11)19-16)12-7-8-13(21)14(17)15(12)18/h7-8,10-11,19,21H,3-6,9H2,1-2H3/t10-,11+/m1/s1. The predicted octanol–water partition coefficient (Wildman–Crippen LogP) is 3.79. The van der Waals surface area contributed by atoms with Crippen LogP contribution in [-0.2, 0) is 0 Å². The quantitative estimate of drug-likeness (QED) is 0.803. The summed E-state index contributed by atoms with van der Waals surface area (Å²) >= 11 is 3.15. The molecule has 0 radical (unpaired) electrons. The smallest absolute Gasteiger partial charge is 0.164 e. The summed E-state index contributed by atoms with van der Waals surface area (Å²) in [7, 11) is 0. The summed E-state index contributed by atoms with van der Waals surface area (Å²) in [4.78, 5) is 2.19. The van der Waals surface area contributed by atoms with Crippen molar-refractivity contribution >= 4 is 21.6 Å². The Morgan fingerprint density at radius 2 is 2.05 bits per heavy atom. The lowest BCUT2D eigenvalue weighted by molar-refractivity contribution is 0.198. The number of hydrogen-bond acceptors (Lipinski definition) is 3. The maximum atomic E-state index is 14.6. The predicted molar refractivity (Wildman–Crippen MR) is 86.4 cm³/mol. The molecule has 1 heterocycles. The SMILES string of the molecule is CC1(C)CN(c2ccc(O)c(Br)c2F)[C@H]2CCCC[C@H]2N1. The molecule has 5 heteroatoms. The lowest BCUT2D eigenvalue weighted by Gasteiger charge is -2.52. The summed E-state index contributed by atoms with van der Waals surface area (Å²) in [6, 6.07) is 4.00. The maximum Gasteiger partial charge on any atom is 0.164 e. The average molecular weight is 357 g/mol.